The number of para-hydroxylation sites is 1. The average Bonchev–Trinajstić information content (AvgIpc) is 3.96. The topological polar surface area (TPSA) is 104 Å². The number of imidazole rings is 1. The van der Waals surface area contributed by atoms with Gasteiger partial charge in [0, 0.05) is 73.7 Å². The molecule has 0 saturated heterocycles. The van der Waals surface area contributed by atoms with Gasteiger partial charge in [0.15, 0.2) is 0 Å². The summed E-state index contributed by atoms with van der Waals surface area (Å²) in [6, 6.07) is 66.3. The molecule has 0 fully saturated rings. The zero-order valence-electron chi connectivity index (χ0n) is 40.4. The maximum Gasteiger partial charge on any atom is 0.146 e. The van der Waals surface area contributed by atoms with Crippen LogP contribution in [0, 0.1) is 29.5 Å². The van der Waals surface area contributed by atoms with E-state index in [4.69, 9.17) is 24.0 Å². The number of hydrogen-bond donors (Lipinski definition) is 0. The molecule has 12 rings (SSSR count). The highest BCUT2D eigenvalue weighted by molar-refractivity contribution is 6.12. The summed E-state index contributed by atoms with van der Waals surface area (Å²) in [5, 5.41) is 20.5. The molecule has 0 atom stereocenters. The minimum atomic E-state index is -2.55. The van der Waals surface area contributed by atoms with Gasteiger partial charge in [-0.15, -0.1) is 0 Å². The van der Waals surface area contributed by atoms with Crippen LogP contribution in [0.5, 0.6) is 0 Å². The van der Waals surface area contributed by atoms with Gasteiger partial charge in [-0.05, 0) is 123 Å². The van der Waals surface area contributed by atoms with Crippen molar-refractivity contribution >= 4 is 27.5 Å². The van der Waals surface area contributed by atoms with E-state index in [9.17, 15) is 10.5 Å². The molecule has 0 bridgehead atoms. The molecule has 5 aromatic heterocycles. The Morgan fingerprint density at radius 3 is 1.44 bits per heavy atom. The van der Waals surface area contributed by atoms with Crippen LogP contribution in [-0.4, -0.2) is 24.3 Å². The molecule has 0 unspecified atom stereocenters. The van der Waals surface area contributed by atoms with Crippen molar-refractivity contribution in [3.05, 3.63) is 236 Å². The maximum absolute atomic E-state index is 9.57. The third-order valence-electron chi connectivity index (χ3n) is 13.0. The Bertz CT molecular complexity index is 4060. The highest BCUT2D eigenvalue weighted by Gasteiger charge is 2.20. The number of nitriles is 2. The molecule has 0 aliphatic heterocycles. The molecular weight excluding hydrogens is 855 g/mol. The third-order valence-corrected chi connectivity index (χ3v) is 13.0. The minimum Gasteiger partial charge on any atom is -0.299 e. The van der Waals surface area contributed by atoms with Crippen molar-refractivity contribution in [1.82, 2.24) is 24.3 Å². The lowest BCUT2D eigenvalue weighted by atomic mass is 9.86. The second kappa shape index (κ2) is 17.4. The zero-order chi connectivity index (χ0) is 49.6. The monoisotopic (exact) mass is 896 g/mol. The van der Waals surface area contributed by atoms with Crippen molar-refractivity contribution in [1.29, 1.82) is 10.5 Å². The normalized spacial score (nSPS) is 12.0. The summed E-state index contributed by atoms with van der Waals surface area (Å²) < 4.78 is 29.4. The number of aromatic nitrogens is 5. The molecule has 12 aromatic rings. The summed E-state index contributed by atoms with van der Waals surface area (Å²) in [6.45, 7) is -2.55. The molecule has 0 spiro atoms. The molecule has 7 nitrogen and oxygen atoms in total. The number of hydrogen-bond acceptors (Lipinski definition) is 6. The number of pyridine rings is 4. The largest absolute Gasteiger partial charge is 0.299 e. The molecule has 0 radical (unpaired) electrons. The van der Waals surface area contributed by atoms with Gasteiger partial charge in [-0.1, -0.05) is 127 Å². The van der Waals surface area contributed by atoms with Crippen molar-refractivity contribution in [2.24, 2.45) is 0 Å². The summed E-state index contributed by atoms with van der Waals surface area (Å²) in [7, 11) is 0. The summed E-state index contributed by atoms with van der Waals surface area (Å²) in [5.41, 5.74) is 17.0. The number of fused-ring (bicyclic) bond motifs is 6. The number of benzene rings is 7. The number of nitrogens with zero attached hydrogens (tertiary/aromatic N) is 7. The van der Waals surface area contributed by atoms with Gasteiger partial charge in [-0.25, -0.2) is 4.98 Å². The van der Waals surface area contributed by atoms with Crippen LogP contribution in [-0.2, 0) is 0 Å². The molecule has 7 aromatic carbocycles. The van der Waals surface area contributed by atoms with Crippen LogP contribution >= 0.6 is 0 Å². The lowest BCUT2D eigenvalue weighted by Crippen LogP contribution is -1.97. The average molecular weight is 897 g/mol. The summed E-state index contributed by atoms with van der Waals surface area (Å²) >= 11 is 0. The molecule has 0 aliphatic rings. The van der Waals surface area contributed by atoms with E-state index in [-0.39, 0.29) is 5.56 Å². The van der Waals surface area contributed by atoms with Crippen molar-refractivity contribution < 1.29 is 4.11 Å². The van der Waals surface area contributed by atoms with Crippen LogP contribution in [0.25, 0.3) is 117 Å². The number of aryl methyl sites for hydroxylation is 1. The Morgan fingerprint density at radius 1 is 0.429 bits per heavy atom. The molecule has 0 saturated carbocycles. The van der Waals surface area contributed by atoms with E-state index in [1.807, 2.05) is 144 Å². The lowest BCUT2D eigenvalue weighted by molar-refractivity contribution is 1.26. The fourth-order valence-corrected chi connectivity index (χ4v) is 9.69. The van der Waals surface area contributed by atoms with Gasteiger partial charge >= 0.3 is 0 Å². The first-order valence-electron chi connectivity index (χ1n) is 24.3. The smallest absolute Gasteiger partial charge is 0.146 e. The molecule has 5 heterocycles. The van der Waals surface area contributed by atoms with Crippen molar-refractivity contribution in [3.8, 4) is 101 Å². The molecule has 0 aliphatic carbocycles. The second-order valence-corrected chi connectivity index (χ2v) is 17.1. The van der Waals surface area contributed by atoms with E-state index >= 15 is 0 Å². The third kappa shape index (κ3) is 7.32. The Labute approximate surface area is 408 Å². The van der Waals surface area contributed by atoms with Crippen LogP contribution in [0.4, 0.5) is 0 Å². The molecule has 0 amide bonds. The highest BCUT2D eigenvalue weighted by atomic mass is 15.0. The first-order chi connectivity index (χ1) is 35.7. The summed E-state index contributed by atoms with van der Waals surface area (Å²) in [6.07, 6.45) is 9.02. The quantitative estimate of drug-likeness (QED) is 0.141. The minimum absolute atomic E-state index is 0.185. The molecular formula is C63H39N7. The van der Waals surface area contributed by atoms with E-state index in [2.05, 4.69) is 66.7 Å². The Balaban J connectivity index is 1.06. The SMILES string of the molecule is [2H]C([2H])([2H])c1c(-c2ccccc2-c2cc(-c3ccccc3-c3ccc(-c4cccc(C#N)c4)nc3)cc(-c3ccccc3-c3ccc(-c4cccc(C#N)c4)nc3)c2)cnc2c3ccccc3n3ccnc3c12. The van der Waals surface area contributed by atoms with Crippen molar-refractivity contribution in [2.45, 2.75) is 6.85 Å². The van der Waals surface area contributed by atoms with Crippen LogP contribution in [0.2, 0.25) is 0 Å². The van der Waals surface area contributed by atoms with Gasteiger partial charge in [0.1, 0.15) is 5.65 Å². The molecule has 326 valence electrons. The van der Waals surface area contributed by atoms with Crippen LogP contribution in [0.1, 0.15) is 20.8 Å². The van der Waals surface area contributed by atoms with E-state index in [0.717, 1.165) is 89.1 Å². The van der Waals surface area contributed by atoms with Gasteiger partial charge < -0.3 is 0 Å². The van der Waals surface area contributed by atoms with Gasteiger partial charge in [0.2, 0.25) is 0 Å². The molecule has 70 heavy (non-hydrogen) atoms. The van der Waals surface area contributed by atoms with Crippen molar-refractivity contribution in [2.75, 3.05) is 0 Å². The fourth-order valence-electron chi connectivity index (χ4n) is 9.69. The van der Waals surface area contributed by atoms with Crippen LogP contribution < -0.4 is 0 Å². The highest BCUT2D eigenvalue weighted by Crippen LogP contribution is 2.44. The van der Waals surface area contributed by atoms with Gasteiger partial charge in [0.05, 0.1) is 45.7 Å². The predicted octanol–water partition coefficient (Wildman–Crippen LogP) is 15.2. The first kappa shape index (κ1) is 38.3. The first-order valence-corrected chi connectivity index (χ1v) is 22.8. The lowest BCUT2D eigenvalue weighted by Gasteiger charge is -2.19. The summed E-state index contributed by atoms with van der Waals surface area (Å²) in [5.74, 6) is 0. The maximum atomic E-state index is 9.57. The van der Waals surface area contributed by atoms with Crippen LogP contribution in [0.3, 0.4) is 0 Å². The summed E-state index contributed by atoms with van der Waals surface area (Å²) in [4.78, 5) is 19.6. The van der Waals surface area contributed by atoms with E-state index < -0.39 is 6.85 Å². The van der Waals surface area contributed by atoms with E-state index in [0.29, 0.717) is 38.8 Å². The van der Waals surface area contributed by atoms with E-state index in [1.54, 1.807) is 24.5 Å². The van der Waals surface area contributed by atoms with E-state index in [1.165, 1.54) is 0 Å². The van der Waals surface area contributed by atoms with Crippen molar-refractivity contribution in [3.63, 3.8) is 0 Å². The zero-order valence-corrected chi connectivity index (χ0v) is 37.4. The molecule has 0 N–H and O–H groups in total. The van der Waals surface area contributed by atoms with Gasteiger partial charge in [0.25, 0.3) is 0 Å². The second-order valence-electron chi connectivity index (χ2n) is 17.1. The Kier molecular flexibility index (Phi) is 9.54. The number of rotatable bonds is 8. The van der Waals surface area contributed by atoms with Gasteiger partial charge in [-0.2, -0.15) is 10.5 Å². The standard InChI is InChI=1S/C63H39N7/c1-40-57(39-69-62-56-22-8-9-23-60(56)70-29-28-66-63(70)61(40)62)55-21-7-6-20-54(55)49-33-47(52-18-4-2-16-50(52)45-24-26-58(67-37-45)43-14-10-12-41(30-43)35-64)32-48(34-49)53-19-5-3-17-51(53)46-25-27-59(68-38-46)44-15-11-13-42(31-44)36-65/h2-34,37-39H,1H3/i1D3. The van der Waals surface area contributed by atoms with Gasteiger partial charge in [-0.3, -0.25) is 19.4 Å². The fraction of sp³-hybridized carbons (Fsp3) is 0.0159. The Hall–Kier alpha value is -9.82. The Morgan fingerprint density at radius 2 is 0.929 bits per heavy atom. The molecule has 7 heteroatoms. The predicted molar refractivity (Wildman–Crippen MR) is 281 cm³/mol. The van der Waals surface area contributed by atoms with Crippen LogP contribution in [0.15, 0.2) is 219 Å².